The molecule has 1 N–H and O–H groups in total. The summed E-state index contributed by atoms with van der Waals surface area (Å²) in [6.07, 6.45) is 0. The summed E-state index contributed by atoms with van der Waals surface area (Å²) in [5.74, 6) is 0.645. The Kier molecular flexibility index (Phi) is 7.34. The molecule has 0 aliphatic carbocycles. The maximum absolute atomic E-state index is 5.25. The van der Waals surface area contributed by atoms with Crippen LogP contribution in [-0.2, 0) is 17.9 Å². The van der Waals surface area contributed by atoms with Crippen molar-refractivity contribution in [1.82, 2.24) is 10.3 Å². The second kappa shape index (κ2) is 8.51. The van der Waals surface area contributed by atoms with Gasteiger partial charge in [0.1, 0.15) is 0 Å². The standard InChI is InChI=1S/C14H27N3OS/c1-6-15-8-13-12(10-18-5)16-14(19-13)17(7-2)9-11(3)4/h11,15H,6-10H2,1-5H3. The van der Waals surface area contributed by atoms with Crippen LogP contribution in [0.2, 0.25) is 0 Å². The SMILES string of the molecule is CCNCc1sc(N(CC)CC(C)C)nc1COC. The number of nitrogens with one attached hydrogen (secondary N) is 1. The highest BCUT2D eigenvalue weighted by Gasteiger charge is 2.15. The minimum atomic E-state index is 0.594. The van der Waals surface area contributed by atoms with Gasteiger partial charge in [-0.15, -0.1) is 11.3 Å². The number of rotatable bonds is 9. The number of hydrogen-bond acceptors (Lipinski definition) is 5. The van der Waals surface area contributed by atoms with Crippen molar-refractivity contribution in [2.45, 2.75) is 40.8 Å². The molecule has 110 valence electrons. The Balaban J connectivity index is 2.87. The summed E-state index contributed by atoms with van der Waals surface area (Å²) >= 11 is 1.79. The Morgan fingerprint density at radius 3 is 2.63 bits per heavy atom. The van der Waals surface area contributed by atoms with E-state index in [9.17, 15) is 0 Å². The van der Waals surface area contributed by atoms with E-state index in [0.717, 1.165) is 37.0 Å². The molecule has 19 heavy (non-hydrogen) atoms. The summed E-state index contributed by atoms with van der Waals surface area (Å²) in [5.41, 5.74) is 1.07. The average Bonchev–Trinajstić information content (AvgIpc) is 2.77. The molecule has 4 nitrogen and oxygen atoms in total. The number of methoxy groups -OCH3 is 1. The van der Waals surface area contributed by atoms with E-state index in [1.165, 1.54) is 4.88 Å². The molecule has 0 radical (unpaired) electrons. The van der Waals surface area contributed by atoms with Crippen LogP contribution in [0.1, 0.15) is 38.3 Å². The van der Waals surface area contributed by atoms with Crippen LogP contribution in [0.3, 0.4) is 0 Å². The smallest absolute Gasteiger partial charge is 0.185 e. The van der Waals surface area contributed by atoms with Crippen molar-refractivity contribution in [2.75, 3.05) is 31.6 Å². The van der Waals surface area contributed by atoms with Crippen LogP contribution < -0.4 is 10.2 Å². The Morgan fingerprint density at radius 2 is 2.11 bits per heavy atom. The molecule has 0 atom stereocenters. The molecule has 1 aromatic rings. The number of thiazole rings is 1. The molecule has 0 aromatic carbocycles. The van der Waals surface area contributed by atoms with E-state index in [2.05, 4.69) is 37.9 Å². The molecule has 0 fully saturated rings. The van der Waals surface area contributed by atoms with E-state index in [0.29, 0.717) is 12.5 Å². The molecule has 0 spiro atoms. The number of aromatic nitrogens is 1. The van der Waals surface area contributed by atoms with Gasteiger partial charge in [0.2, 0.25) is 0 Å². The van der Waals surface area contributed by atoms with Crippen LogP contribution in [0, 0.1) is 5.92 Å². The second-order valence-electron chi connectivity index (χ2n) is 5.01. The molecule has 0 saturated carbocycles. The summed E-state index contributed by atoms with van der Waals surface area (Å²) in [5, 5.41) is 4.49. The minimum Gasteiger partial charge on any atom is -0.378 e. The fraction of sp³-hybridized carbons (Fsp3) is 0.786. The average molecular weight is 285 g/mol. The van der Waals surface area contributed by atoms with Gasteiger partial charge in [0.15, 0.2) is 5.13 Å². The van der Waals surface area contributed by atoms with Gasteiger partial charge >= 0.3 is 0 Å². The highest BCUT2D eigenvalue weighted by molar-refractivity contribution is 7.15. The summed E-state index contributed by atoms with van der Waals surface area (Å²) in [6, 6.07) is 0. The van der Waals surface area contributed by atoms with Gasteiger partial charge in [0, 0.05) is 31.6 Å². The van der Waals surface area contributed by atoms with Gasteiger partial charge in [0.25, 0.3) is 0 Å². The molecule has 0 unspecified atom stereocenters. The second-order valence-corrected chi connectivity index (χ2v) is 6.07. The quantitative estimate of drug-likeness (QED) is 0.757. The third-order valence-corrected chi connectivity index (χ3v) is 3.98. The molecule has 0 amide bonds. The first kappa shape index (κ1) is 16.4. The van der Waals surface area contributed by atoms with Crippen molar-refractivity contribution in [1.29, 1.82) is 0 Å². The molecule has 0 aliphatic rings. The number of nitrogens with zero attached hydrogens (tertiary/aromatic N) is 2. The number of hydrogen-bond donors (Lipinski definition) is 1. The maximum Gasteiger partial charge on any atom is 0.185 e. The lowest BCUT2D eigenvalue weighted by Crippen LogP contribution is -2.27. The Bertz CT molecular complexity index is 366. The van der Waals surface area contributed by atoms with Crippen molar-refractivity contribution >= 4 is 16.5 Å². The topological polar surface area (TPSA) is 37.4 Å². The summed E-state index contributed by atoms with van der Waals surface area (Å²) in [4.78, 5) is 8.40. The van der Waals surface area contributed by atoms with Gasteiger partial charge in [-0.25, -0.2) is 4.98 Å². The lowest BCUT2D eigenvalue weighted by Gasteiger charge is -2.21. The lowest BCUT2D eigenvalue weighted by atomic mass is 10.2. The molecule has 1 aromatic heterocycles. The van der Waals surface area contributed by atoms with Crippen molar-refractivity contribution < 1.29 is 4.74 Å². The lowest BCUT2D eigenvalue weighted by molar-refractivity contribution is 0.181. The van der Waals surface area contributed by atoms with Crippen molar-refractivity contribution in [3.8, 4) is 0 Å². The Labute approximate surface area is 121 Å². The summed E-state index contributed by atoms with van der Waals surface area (Å²) < 4.78 is 5.25. The van der Waals surface area contributed by atoms with E-state index in [1.54, 1.807) is 18.4 Å². The van der Waals surface area contributed by atoms with Crippen LogP contribution in [0.25, 0.3) is 0 Å². The first-order valence-corrected chi connectivity index (χ1v) is 7.87. The fourth-order valence-corrected chi connectivity index (χ4v) is 3.02. The van der Waals surface area contributed by atoms with Crippen molar-refractivity contribution in [3.05, 3.63) is 10.6 Å². The predicted octanol–water partition coefficient (Wildman–Crippen LogP) is 2.88. The number of ether oxygens (including phenoxy) is 1. The molecule has 1 heterocycles. The number of anilines is 1. The van der Waals surface area contributed by atoms with E-state index in [4.69, 9.17) is 9.72 Å². The Hall–Kier alpha value is -0.650. The van der Waals surface area contributed by atoms with Crippen molar-refractivity contribution in [2.24, 2.45) is 5.92 Å². The first-order chi connectivity index (χ1) is 9.12. The molecule has 0 saturated heterocycles. The third kappa shape index (κ3) is 5.09. The van der Waals surface area contributed by atoms with E-state index in [-0.39, 0.29) is 0 Å². The first-order valence-electron chi connectivity index (χ1n) is 7.05. The van der Waals surface area contributed by atoms with Gasteiger partial charge < -0.3 is 15.0 Å². The molecule has 5 heteroatoms. The largest absolute Gasteiger partial charge is 0.378 e. The molecule has 1 rings (SSSR count). The molecular weight excluding hydrogens is 258 g/mol. The van der Waals surface area contributed by atoms with Gasteiger partial charge in [-0.05, 0) is 19.4 Å². The zero-order valence-corrected chi connectivity index (χ0v) is 13.6. The van der Waals surface area contributed by atoms with E-state index >= 15 is 0 Å². The molecular formula is C14H27N3OS. The van der Waals surface area contributed by atoms with E-state index in [1.807, 2.05) is 0 Å². The zero-order valence-electron chi connectivity index (χ0n) is 12.8. The predicted molar refractivity (Wildman–Crippen MR) is 82.9 cm³/mol. The van der Waals surface area contributed by atoms with Gasteiger partial charge in [-0.1, -0.05) is 20.8 Å². The highest BCUT2D eigenvalue weighted by atomic mass is 32.1. The van der Waals surface area contributed by atoms with Gasteiger partial charge in [-0.2, -0.15) is 0 Å². The molecule has 0 aliphatic heterocycles. The van der Waals surface area contributed by atoms with Crippen LogP contribution in [0.15, 0.2) is 0 Å². The minimum absolute atomic E-state index is 0.594. The van der Waals surface area contributed by atoms with Crippen LogP contribution in [-0.4, -0.2) is 31.7 Å². The summed E-state index contributed by atoms with van der Waals surface area (Å²) in [6.45, 7) is 13.3. The van der Waals surface area contributed by atoms with E-state index < -0.39 is 0 Å². The van der Waals surface area contributed by atoms with Crippen molar-refractivity contribution in [3.63, 3.8) is 0 Å². The maximum atomic E-state index is 5.25. The molecule has 0 bridgehead atoms. The fourth-order valence-electron chi connectivity index (χ4n) is 1.91. The van der Waals surface area contributed by atoms with Crippen LogP contribution >= 0.6 is 11.3 Å². The third-order valence-electron chi connectivity index (χ3n) is 2.82. The monoisotopic (exact) mass is 285 g/mol. The summed E-state index contributed by atoms with van der Waals surface area (Å²) in [7, 11) is 1.72. The van der Waals surface area contributed by atoms with Gasteiger partial charge in [-0.3, -0.25) is 0 Å². The van der Waals surface area contributed by atoms with Crippen LogP contribution in [0.4, 0.5) is 5.13 Å². The Morgan fingerprint density at radius 1 is 1.37 bits per heavy atom. The van der Waals surface area contributed by atoms with Gasteiger partial charge in [0.05, 0.1) is 12.3 Å². The normalized spacial score (nSPS) is 11.3. The van der Waals surface area contributed by atoms with Crippen LogP contribution in [0.5, 0.6) is 0 Å². The highest BCUT2D eigenvalue weighted by Crippen LogP contribution is 2.27. The zero-order chi connectivity index (χ0) is 14.3.